The third-order valence-corrected chi connectivity index (χ3v) is 3.04. The first-order valence-electron chi connectivity index (χ1n) is 6.87. The second kappa shape index (κ2) is 6.27. The van der Waals surface area contributed by atoms with Gasteiger partial charge in [-0.1, -0.05) is 24.2 Å². The average molecular weight is 284 g/mol. The van der Waals surface area contributed by atoms with Crippen molar-refractivity contribution in [2.24, 2.45) is 0 Å². The standard InChI is InChI=1S/C14H16N6O/c1-2-6-15-9-12-8-14(21-17-12)11-4-3-5-13(7-11)20-10-16-18-19-20/h3-5,7-8,10,15H,2,6,9H2,1H3. The van der Waals surface area contributed by atoms with Gasteiger partial charge in [0.1, 0.15) is 6.33 Å². The number of benzene rings is 1. The fourth-order valence-electron chi connectivity index (χ4n) is 2.01. The summed E-state index contributed by atoms with van der Waals surface area (Å²) in [5, 5.41) is 18.5. The molecule has 2 aromatic heterocycles. The summed E-state index contributed by atoms with van der Waals surface area (Å²) in [4.78, 5) is 0. The van der Waals surface area contributed by atoms with Crippen LogP contribution >= 0.6 is 0 Å². The Labute approximate surface area is 122 Å². The van der Waals surface area contributed by atoms with Crippen molar-refractivity contribution >= 4 is 0 Å². The molecule has 1 aromatic carbocycles. The number of tetrazole rings is 1. The molecular weight excluding hydrogens is 268 g/mol. The van der Waals surface area contributed by atoms with Gasteiger partial charge in [0, 0.05) is 18.2 Å². The average Bonchev–Trinajstić information content (AvgIpc) is 3.20. The molecule has 0 spiro atoms. The first-order valence-corrected chi connectivity index (χ1v) is 6.87. The van der Waals surface area contributed by atoms with Crippen LogP contribution in [-0.4, -0.2) is 31.9 Å². The maximum Gasteiger partial charge on any atom is 0.167 e. The van der Waals surface area contributed by atoms with Gasteiger partial charge < -0.3 is 9.84 Å². The molecule has 3 rings (SSSR count). The summed E-state index contributed by atoms with van der Waals surface area (Å²) in [6.07, 6.45) is 2.65. The SMILES string of the molecule is CCCNCc1cc(-c2cccc(-n3cnnn3)c2)on1. The lowest BCUT2D eigenvalue weighted by Gasteiger charge is -2.01. The first kappa shape index (κ1) is 13.4. The lowest BCUT2D eigenvalue weighted by Crippen LogP contribution is -2.13. The minimum Gasteiger partial charge on any atom is -0.356 e. The fourth-order valence-corrected chi connectivity index (χ4v) is 2.01. The van der Waals surface area contributed by atoms with Crippen LogP contribution in [0.2, 0.25) is 0 Å². The zero-order valence-electron chi connectivity index (χ0n) is 11.7. The predicted octanol–water partition coefficient (Wildman–Crippen LogP) is 1.82. The summed E-state index contributed by atoms with van der Waals surface area (Å²) in [5.41, 5.74) is 2.71. The van der Waals surface area contributed by atoms with Crippen molar-refractivity contribution in [1.29, 1.82) is 0 Å². The van der Waals surface area contributed by atoms with E-state index in [-0.39, 0.29) is 0 Å². The van der Waals surface area contributed by atoms with E-state index in [1.807, 2.05) is 30.3 Å². The summed E-state index contributed by atoms with van der Waals surface area (Å²) in [7, 11) is 0. The monoisotopic (exact) mass is 284 g/mol. The highest BCUT2D eigenvalue weighted by Crippen LogP contribution is 2.22. The minimum absolute atomic E-state index is 0.712. The van der Waals surface area contributed by atoms with Crippen LogP contribution in [0.15, 0.2) is 41.2 Å². The molecule has 0 fully saturated rings. The van der Waals surface area contributed by atoms with Crippen LogP contribution in [0.4, 0.5) is 0 Å². The van der Waals surface area contributed by atoms with Crippen LogP contribution in [-0.2, 0) is 6.54 Å². The van der Waals surface area contributed by atoms with E-state index < -0.39 is 0 Å². The van der Waals surface area contributed by atoms with Crippen molar-refractivity contribution in [3.05, 3.63) is 42.4 Å². The molecule has 0 atom stereocenters. The van der Waals surface area contributed by atoms with E-state index in [2.05, 4.69) is 32.9 Å². The van der Waals surface area contributed by atoms with Crippen molar-refractivity contribution < 1.29 is 4.52 Å². The van der Waals surface area contributed by atoms with E-state index in [0.717, 1.165) is 35.7 Å². The van der Waals surface area contributed by atoms with Crippen LogP contribution in [0, 0.1) is 0 Å². The summed E-state index contributed by atoms with van der Waals surface area (Å²) >= 11 is 0. The van der Waals surface area contributed by atoms with Gasteiger partial charge in [-0.3, -0.25) is 0 Å². The smallest absolute Gasteiger partial charge is 0.167 e. The third-order valence-electron chi connectivity index (χ3n) is 3.04. The number of nitrogens with one attached hydrogen (secondary N) is 1. The molecule has 2 heterocycles. The molecule has 0 saturated heterocycles. The van der Waals surface area contributed by atoms with Gasteiger partial charge in [0.2, 0.25) is 0 Å². The Morgan fingerprint density at radius 2 is 2.24 bits per heavy atom. The van der Waals surface area contributed by atoms with Gasteiger partial charge in [-0.15, -0.1) is 5.10 Å². The van der Waals surface area contributed by atoms with Gasteiger partial charge in [-0.05, 0) is 35.5 Å². The highest BCUT2D eigenvalue weighted by molar-refractivity contribution is 5.60. The van der Waals surface area contributed by atoms with Crippen LogP contribution in [0.25, 0.3) is 17.0 Å². The number of aromatic nitrogens is 5. The van der Waals surface area contributed by atoms with Crippen LogP contribution in [0.1, 0.15) is 19.0 Å². The van der Waals surface area contributed by atoms with Crippen molar-refractivity contribution in [3.63, 3.8) is 0 Å². The van der Waals surface area contributed by atoms with Crippen LogP contribution in [0.5, 0.6) is 0 Å². The maximum absolute atomic E-state index is 5.40. The van der Waals surface area contributed by atoms with Gasteiger partial charge in [0.05, 0.1) is 11.4 Å². The lowest BCUT2D eigenvalue weighted by atomic mass is 10.1. The summed E-state index contributed by atoms with van der Waals surface area (Å²) in [6.45, 7) is 3.81. The largest absolute Gasteiger partial charge is 0.356 e. The Hall–Kier alpha value is -2.54. The molecule has 0 unspecified atom stereocenters. The van der Waals surface area contributed by atoms with E-state index in [0.29, 0.717) is 6.54 Å². The maximum atomic E-state index is 5.40. The quantitative estimate of drug-likeness (QED) is 0.695. The molecule has 108 valence electrons. The molecule has 0 amide bonds. The second-order valence-electron chi connectivity index (χ2n) is 4.66. The van der Waals surface area contributed by atoms with Gasteiger partial charge in [0.25, 0.3) is 0 Å². The highest BCUT2D eigenvalue weighted by Gasteiger charge is 2.08. The van der Waals surface area contributed by atoms with E-state index in [9.17, 15) is 0 Å². The molecule has 7 nitrogen and oxygen atoms in total. The zero-order valence-corrected chi connectivity index (χ0v) is 11.7. The van der Waals surface area contributed by atoms with Crippen molar-refractivity contribution in [3.8, 4) is 17.0 Å². The Morgan fingerprint density at radius 1 is 1.29 bits per heavy atom. The fraction of sp³-hybridized carbons (Fsp3) is 0.286. The number of nitrogens with zero attached hydrogens (tertiary/aromatic N) is 5. The van der Waals surface area contributed by atoms with E-state index in [1.54, 1.807) is 11.0 Å². The summed E-state index contributed by atoms with van der Waals surface area (Å²) in [6, 6.07) is 9.74. The molecule has 1 N–H and O–H groups in total. The van der Waals surface area contributed by atoms with Gasteiger partial charge >= 0.3 is 0 Å². The second-order valence-corrected chi connectivity index (χ2v) is 4.66. The first-order chi connectivity index (χ1) is 10.4. The zero-order chi connectivity index (χ0) is 14.5. The molecule has 0 aliphatic rings. The lowest BCUT2D eigenvalue weighted by molar-refractivity contribution is 0.420. The number of hydrogen-bond acceptors (Lipinski definition) is 6. The molecule has 0 aliphatic carbocycles. The predicted molar refractivity (Wildman–Crippen MR) is 76.6 cm³/mol. The summed E-state index contributed by atoms with van der Waals surface area (Å²) in [5.74, 6) is 0.734. The van der Waals surface area contributed by atoms with Crippen LogP contribution < -0.4 is 5.32 Å². The normalized spacial score (nSPS) is 10.9. The number of rotatable bonds is 6. The van der Waals surface area contributed by atoms with Crippen molar-refractivity contribution in [1.82, 2.24) is 30.7 Å². The topological polar surface area (TPSA) is 81.7 Å². The molecule has 0 aliphatic heterocycles. The Balaban J connectivity index is 1.79. The number of hydrogen-bond donors (Lipinski definition) is 1. The highest BCUT2D eigenvalue weighted by atomic mass is 16.5. The third kappa shape index (κ3) is 3.14. The molecular formula is C14H16N6O. The van der Waals surface area contributed by atoms with E-state index in [4.69, 9.17) is 4.52 Å². The van der Waals surface area contributed by atoms with E-state index in [1.165, 1.54) is 0 Å². The Morgan fingerprint density at radius 3 is 3.05 bits per heavy atom. The van der Waals surface area contributed by atoms with Crippen molar-refractivity contribution in [2.75, 3.05) is 6.54 Å². The van der Waals surface area contributed by atoms with Crippen molar-refractivity contribution in [2.45, 2.75) is 19.9 Å². The molecule has 0 radical (unpaired) electrons. The van der Waals surface area contributed by atoms with Gasteiger partial charge in [-0.2, -0.15) is 0 Å². The molecule has 0 saturated carbocycles. The molecule has 21 heavy (non-hydrogen) atoms. The van der Waals surface area contributed by atoms with Gasteiger partial charge in [0.15, 0.2) is 5.76 Å². The molecule has 3 aromatic rings. The Kier molecular flexibility index (Phi) is 4.02. The minimum atomic E-state index is 0.712. The molecule has 7 heteroatoms. The Bertz CT molecular complexity index is 691. The van der Waals surface area contributed by atoms with Crippen LogP contribution in [0.3, 0.4) is 0 Å². The van der Waals surface area contributed by atoms with Gasteiger partial charge in [-0.25, -0.2) is 4.68 Å². The molecule has 0 bridgehead atoms. The summed E-state index contributed by atoms with van der Waals surface area (Å²) < 4.78 is 7.00. The van der Waals surface area contributed by atoms with E-state index >= 15 is 0 Å².